The fraction of sp³-hybridized carbons (Fsp3) is 0.294. The van der Waals surface area contributed by atoms with Gasteiger partial charge in [0.15, 0.2) is 5.76 Å². The zero-order valence-electron chi connectivity index (χ0n) is 12.4. The summed E-state index contributed by atoms with van der Waals surface area (Å²) in [6.07, 6.45) is 10.7. The van der Waals surface area contributed by atoms with Gasteiger partial charge in [0.25, 0.3) is 0 Å². The van der Waals surface area contributed by atoms with Gasteiger partial charge < -0.3 is 9.64 Å². The number of hydrogen-bond donors (Lipinski definition) is 0. The van der Waals surface area contributed by atoms with Crippen LogP contribution in [0.5, 0.6) is 0 Å². The minimum Gasteiger partial charge on any atom is -0.453 e. The van der Waals surface area contributed by atoms with E-state index in [9.17, 15) is 0 Å². The molecule has 1 aliphatic heterocycles. The van der Waals surface area contributed by atoms with Gasteiger partial charge in [0.2, 0.25) is 0 Å². The SMILES string of the molecule is C=CC1=C(C=C)N(C)C2=CC=C(C)CC=C2O1.CC. The maximum atomic E-state index is 5.85. The van der Waals surface area contributed by atoms with Crippen molar-refractivity contribution in [2.75, 3.05) is 7.05 Å². The molecule has 0 atom stereocenters. The summed E-state index contributed by atoms with van der Waals surface area (Å²) in [7, 11) is 2.01. The third-order valence-corrected chi connectivity index (χ3v) is 2.96. The Hall–Kier alpha value is -1.96. The Labute approximate surface area is 116 Å². The molecule has 0 spiro atoms. The van der Waals surface area contributed by atoms with Gasteiger partial charge in [-0.15, -0.1) is 0 Å². The zero-order chi connectivity index (χ0) is 14.4. The number of hydrogen-bond acceptors (Lipinski definition) is 2. The van der Waals surface area contributed by atoms with Crippen LogP contribution in [0.2, 0.25) is 0 Å². The molecule has 102 valence electrons. The van der Waals surface area contributed by atoms with Crippen LogP contribution in [-0.2, 0) is 4.74 Å². The Morgan fingerprint density at radius 3 is 2.47 bits per heavy atom. The molecular weight excluding hydrogens is 234 g/mol. The summed E-state index contributed by atoms with van der Waals surface area (Å²) < 4.78 is 5.85. The van der Waals surface area contributed by atoms with Gasteiger partial charge in [-0.25, -0.2) is 0 Å². The predicted molar refractivity (Wildman–Crippen MR) is 82.2 cm³/mol. The van der Waals surface area contributed by atoms with E-state index in [0.29, 0.717) is 0 Å². The molecule has 0 fully saturated rings. The lowest BCUT2D eigenvalue weighted by Crippen LogP contribution is -2.24. The van der Waals surface area contributed by atoms with Crippen molar-refractivity contribution in [1.82, 2.24) is 4.90 Å². The summed E-state index contributed by atoms with van der Waals surface area (Å²) >= 11 is 0. The number of fused-ring (bicyclic) bond motifs is 1. The lowest BCUT2D eigenvalue weighted by Gasteiger charge is -2.31. The lowest BCUT2D eigenvalue weighted by molar-refractivity contribution is 0.264. The first kappa shape index (κ1) is 15.1. The Kier molecular flexibility index (Phi) is 5.43. The molecule has 0 amide bonds. The monoisotopic (exact) mass is 257 g/mol. The van der Waals surface area contributed by atoms with Crippen LogP contribution >= 0.6 is 0 Å². The number of nitrogens with zero attached hydrogens (tertiary/aromatic N) is 1. The second kappa shape index (κ2) is 6.83. The van der Waals surface area contributed by atoms with Gasteiger partial charge in [-0.05, 0) is 37.6 Å². The van der Waals surface area contributed by atoms with Crippen LogP contribution < -0.4 is 0 Å². The number of rotatable bonds is 2. The van der Waals surface area contributed by atoms with E-state index in [-0.39, 0.29) is 0 Å². The van der Waals surface area contributed by atoms with Crippen molar-refractivity contribution in [2.45, 2.75) is 27.2 Å². The Balaban J connectivity index is 0.000000861. The van der Waals surface area contributed by atoms with Crippen molar-refractivity contribution in [1.29, 1.82) is 0 Å². The standard InChI is InChI=1S/C15H17NO.C2H6/c1-5-12-14(6-2)17-15-10-8-11(3)7-9-13(15)16(12)4;1-2/h5-7,9-10H,1-2,8H2,3-4H3;1-2H3. The average Bonchev–Trinajstić information content (AvgIpc) is 2.63. The van der Waals surface area contributed by atoms with Gasteiger partial charge in [-0.3, -0.25) is 0 Å². The van der Waals surface area contributed by atoms with Crippen LogP contribution in [0, 0.1) is 0 Å². The van der Waals surface area contributed by atoms with Crippen LogP contribution in [-0.4, -0.2) is 11.9 Å². The van der Waals surface area contributed by atoms with Crippen molar-refractivity contribution in [3.05, 3.63) is 72.0 Å². The Morgan fingerprint density at radius 1 is 1.21 bits per heavy atom. The highest BCUT2D eigenvalue weighted by atomic mass is 16.5. The van der Waals surface area contributed by atoms with Crippen molar-refractivity contribution >= 4 is 0 Å². The molecule has 2 rings (SSSR count). The molecule has 19 heavy (non-hydrogen) atoms. The van der Waals surface area contributed by atoms with E-state index < -0.39 is 0 Å². The molecule has 0 saturated carbocycles. The van der Waals surface area contributed by atoms with Crippen LogP contribution in [0.1, 0.15) is 27.2 Å². The third kappa shape index (κ3) is 3.08. The smallest absolute Gasteiger partial charge is 0.150 e. The van der Waals surface area contributed by atoms with Crippen LogP contribution in [0.3, 0.4) is 0 Å². The summed E-state index contributed by atoms with van der Waals surface area (Å²) in [4.78, 5) is 2.08. The van der Waals surface area contributed by atoms with E-state index in [0.717, 1.165) is 29.3 Å². The normalized spacial score (nSPS) is 17.7. The molecule has 0 unspecified atom stereocenters. The topological polar surface area (TPSA) is 12.5 Å². The van der Waals surface area contributed by atoms with E-state index in [1.807, 2.05) is 20.9 Å². The average molecular weight is 257 g/mol. The van der Waals surface area contributed by atoms with E-state index in [2.05, 4.69) is 43.2 Å². The van der Waals surface area contributed by atoms with Crippen molar-refractivity contribution in [2.24, 2.45) is 0 Å². The highest BCUT2D eigenvalue weighted by Crippen LogP contribution is 2.33. The molecule has 0 N–H and O–H groups in total. The predicted octanol–water partition coefficient (Wildman–Crippen LogP) is 4.68. The van der Waals surface area contributed by atoms with Gasteiger partial charge in [0, 0.05) is 7.05 Å². The molecule has 2 heteroatoms. The maximum absolute atomic E-state index is 5.85. The molecule has 0 saturated heterocycles. The minimum atomic E-state index is 0.755. The van der Waals surface area contributed by atoms with Crippen molar-refractivity contribution in [3.8, 4) is 0 Å². The van der Waals surface area contributed by atoms with Crippen LogP contribution in [0.25, 0.3) is 0 Å². The first-order valence-electron chi connectivity index (χ1n) is 6.66. The van der Waals surface area contributed by atoms with E-state index in [4.69, 9.17) is 4.74 Å². The summed E-state index contributed by atoms with van der Waals surface area (Å²) in [5.74, 6) is 1.64. The summed E-state index contributed by atoms with van der Waals surface area (Å²) in [6, 6.07) is 0. The maximum Gasteiger partial charge on any atom is 0.150 e. The minimum absolute atomic E-state index is 0.755. The first-order chi connectivity index (χ1) is 9.17. The van der Waals surface area contributed by atoms with E-state index >= 15 is 0 Å². The highest BCUT2D eigenvalue weighted by Gasteiger charge is 2.24. The molecular formula is C17H23NO. The Morgan fingerprint density at radius 2 is 1.89 bits per heavy atom. The summed E-state index contributed by atoms with van der Waals surface area (Å²) in [6.45, 7) is 13.7. The van der Waals surface area contributed by atoms with E-state index in [1.165, 1.54) is 5.57 Å². The number of likely N-dealkylation sites (N-methyl/N-ethyl adjacent to an activating group) is 1. The quantitative estimate of drug-likeness (QED) is 0.712. The molecule has 2 nitrogen and oxygen atoms in total. The van der Waals surface area contributed by atoms with E-state index in [1.54, 1.807) is 12.2 Å². The zero-order valence-corrected chi connectivity index (χ0v) is 12.4. The van der Waals surface area contributed by atoms with Gasteiger partial charge in [-0.1, -0.05) is 38.7 Å². The molecule has 0 bridgehead atoms. The number of ether oxygens (including phenoxy) is 1. The van der Waals surface area contributed by atoms with Crippen molar-refractivity contribution in [3.63, 3.8) is 0 Å². The van der Waals surface area contributed by atoms with Gasteiger partial charge in [-0.2, -0.15) is 0 Å². The van der Waals surface area contributed by atoms with Crippen LogP contribution in [0.4, 0.5) is 0 Å². The second-order valence-electron chi connectivity index (χ2n) is 4.16. The summed E-state index contributed by atoms with van der Waals surface area (Å²) in [5, 5.41) is 0. The van der Waals surface area contributed by atoms with Gasteiger partial charge in [0.05, 0.1) is 11.4 Å². The Bertz CT molecular complexity index is 489. The molecule has 2 aliphatic rings. The van der Waals surface area contributed by atoms with Crippen molar-refractivity contribution < 1.29 is 4.74 Å². The van der Waals surface area contributed by atoms with Crippen LogP contribution in [0.15, 0.2) is 72.0 Å². The largest absolute Gasteiger partial charge is 0.453 e. The van der Waals surface area contributed by atoms with Gasteiger partial charge >= 0.3 is 0 Å². The lowest BCUT2D eigenvalue weighted by atomic mass is 10.2. The summed E-state index contributed by atoms with van der Waals surface area (Å²) in [5.41, 5.74) is 3.32. The molecule has 0 radical (unpaired) electrons. The third-order valence-electron chi connectivity index (χ3n) is 2.96. The highest BCUT2D eigenvalue weighted by molar-refractivity contribution is 5.44. The number of allylic oxidation sites excluding steroid dienone is 6. The fourth-order valence-electron chi connectivity index (χ4n) is 1.95. The molecule has 0 aromatic heterocycles. The second-order valence-corrected chi connectivity index (χ2v) is 4.16. The molecule has 0 aromatic rings. The molecule has 0 aromatic carbocycles. The molecule has 1 aliphatic carbocycles. The van der Waals surface area contributed by atoms with Gasteiger partial charge in [0.1, 0.15) is 5.76 Å². The molecule has 1 heterocycles. The first-order valence-corrected chi connectivity index (χ1v) is 6.66. The fourth-order valence-corrected chi connectivity index (χ4v) is 1.95.